The van der Waals surface area contributed by atoms with Gasteiger partial charge in [0.1, 0.15) is 5.69 Å². The number of nitrogens with zero attached hydrogens (tertiary/aromatic N) is 2. The van der Waals surface area contributed by atoms with Crippen LogP contribution in [-0.4, -0.2) is 24.4 Å². The van der Waals surface area contributed by atoms with Crippen molar-refractivity contribution < 1.29 is 4.79 Å². The van der Waals surface area contributed by atoms with Crippen molar-refractivity contribution >= 4 is 12.0 Å². The van der Waals surface area contributed by atoms with Crippen molar-refractivity contribution in [2.45, 2.75) is 6.42 Å². The SMILES string of the molecule is C=C1CCN(c2ccc(C=O)nc2)C1. The van der Waals surface area contributed by atoms with Crippen LogP contribution in [0.25, 0.3) is 0 Å². The second-order valence-electron chi connectivity index (χ2n) is 3.48. The number of rotatable bonds is 2. The van der Waals surface area contributed by atoms with Crippen molar-refractivity contribution in [3.8, 4) is 0 Å². The Kier molecular flexibility index (Phi) is 2.31. The van der Waals surface area contributed by atoms with Gasteiger partial charge in [0, 0.05) is 13.1 Å². The van der Waals surface area contributed by atoms with Crippen LogP contribution in [0, 0.1) is 0 Å². The third-order valence-electron chi connectivity index (χ3n) is 2.41. The van der Waals surface area contributed by atoms with E-state index in [1.54, 1.807) is 12.3 Å². The summed E-state index contributed by atoms with van der Waals surface area (Å²) in [6.45, 7) is 5.85. The van der Waals surface area contributed by atoms with Crippen LogP contribution >= 0.6 is 0 Å². The van der Waals surface area contributed by atoms with Gasteiger partial charge in [-0.15, -0.1) is 0 Å². The molecule has 0 saturated carbocycles. The maximum atomic E-state index is 10.4. The van der Waals surface area contributed by atoms with E-state index in [2.05, 4.69) is 16.5 Å². The average molecular weight is 188 g/mol. The van der Waals surface area contributed by atoms with Gasteiger partial charge in [0.15, 0.2) is 6.29 Å². The molecule has 14 heavy (non-hydrogen) atoms. The van der Waals surface area contributed by atoms with Crippen LogP contribution in [0.1, 0.15) is 16.9 Å². The molecule has 1 aromatic heterocycles. The summed E-state index contributed by atoms with van der Waals surface area (Å²) in [5.41, 5.74) is 2.80. The first kappa shape index (κ1) is 8.94. The molecule has 0 radical (unpaired) electrons. The maximum absolute atomic E-state index is 10.4. The van der Waals surface area contributed by atoms with E-state index < -0.39 is 0 Å². The molecule has 2 rings (SSSR count). The minimum absolute atomic E-state index is 0.478. The molecule has 0 spiro atoms. The zero-order valence-electron chi connectivity index (χ0n) is 7.94. The topological polar surface area (TPSA) is 33.2 Å². The van der Waals surface area contributed by atoms with Crippen LogP contribution in [0.5, 0.6) is 0 Å². The maximum Gasteiger partial charge on any atom is 0.168 e. The highest BCUT2D eigenvalue weighted by atomic mass is 16.1. The molecular formula is C11H12N2O. The fourth-order valence-electron chi connectivity index (χ4n) is 1.60. The minimum Gasteiger partial charge on any atom is -0.366 e. The van der Waals surface area contributed by atoms with Crippen molar-refractivity contribution in [1.29, 1.82) is 0 Å². The molecule has 0 aliphatic carbocycles. The molecule has 3 nitrogen and oxygen atoms in total. The monoisotopic (exact) mass is 188 g/mol. The van der Waals surface area contributed by atoms with Gasteiger partial charge in [0.25, 0.3) is 0 Å². The number of hydrogen-bond acceptors (Lipinski definition) is 3. The Morgan fingerprint density at radius 1 is 1.50 bits per heavy atom. The minimum atomic E-state index is 0.478. The quantitative estimate of drug-likeness (QED) is 0.522. The predicted molar refractivity (Wildman–Crippen MR) is 55.6 cm³/mol. The second kappa shape index (κ2) is 3.62. The Morgan fingerprint density at radius 3 is 2.86 bits per heavy atom. The van der Waals surface area contributed by atoms with Gasteiger partial charge in [-0.05, 0) is 18.6 Å². The molecule has 72 valence electrons. The smallest absolute Gasteiger partial charge is 0.168 e. The molecule has 0 amide bonds. The Morgan fingerprint density at radius 2 is 2.36 bits per heavy atom. The lowest BCUT2D eigenvalue weighted by atomic mass is 10.3. The summed E-state index contributed by atoms with van der Waals surface area (Å²) in [6, 6.07) is 3.67. The fraction of sp³-hybridized carbons (Fsp3) is 0.273. The first-order valence-corrected chi connectivity index (χ1v) is 4.62. The number of hydrogen-bond donors (Lipinski definition) is 0. The van der Waals surface area contributed by atoms with E-state index in [1.165, 1.54) is 5.57 Å². The number of aldehydes is 1. The molecular weight excluding hydrogens is 176 g/mol. The molecule has 0 atom stereocenters. The van der Waals surface area contributed by atoms with Crippen LogP contribution in [0.15, 0.2) is 30.5 Å². The van der Waals surface area contributed by atoms with Gasteiger partial charge in [0.2, 0.25) is 0 Å². The highest BCUT2D eigenvalue weighted by Gasteiger charge is 2.15. The molecule has 3 heteroatoms. The lowest BCUT2D eigenvalue weighted by Crippen LogP contribution is -2.17. The van der Waals surface area contributed by atoms with Crippen molar-refractivity contribution in [3.05, 3.63) is 36.2 Å². The normalized spacial score (nSPS) is 16.0. The first-order chi connectivity index (χ1) is 6.79. The molecule has 0 unspecified atom stereocenters. The summed E-state index contributed by atoms with van der Waals surface area (Å²) >= 11 is 0. The molecule has 0 aromatic carbocycles. The van der Waals surface area contributed by atoms with E-state index in [0.29, 0.717) is 5.69 Å². The van der Waals surface area contributed by atoms with Gasteiger partial charge in [-0.3, -0.25) is 9.78 Å². The molecule has 1 aliphatic rings. The van der Waals surface area contributed by atoms with Gasteiger partial charge in [-0.25, -0.2) is 0 Å². The van der Waals surface area contributed by atoms with Crippen LogP contribution < -0.4 is 4.90 Å². The van der Waals surface area contributed by atoms with Crippen LogP contribution in [-0.2, 0) is 0 Å². The molecule has 0 N–H and O–H groups in total. The number of carbonyl (C=O) groups is 1. The zero-order valence-corrected chi connectivity index (χ0v) is 7.94. The second-order valence-corrected chi connectivity index (χ2v) is 3.48. The number of pyridine rings is 1. The van der Waals surface area contributed by atoms with E-state index in [4.69, 9.17) is 0 Å². The summed E-state index contributed by atoms with van der Waals surface area (Å²) in [5, 5.41) is 0. The van der Waals surface area contributed by atoms with E-state index in [-0.39, 0.29) is 0 Å². The Bertz CT molecular complexity index is 356. The molecule has 1 aliphatic heterocycles. The molecule has 1 fully saturated rings. The third kappa shape index (κ3) is 1.66. The van der Waals surface area contributed by atoms with Crippen LogP contribution in [0.2, 0.25) is 0 Å². The van der Waals surface area contributed by atoms with Gasteiger partial charge in [0.05, 0.1) is 11.9 Å². The fourth-order valence-corrected chi connectivity index (χ4v) is 1.60. The number of carbonyl (C=O) groups excluding carboxylic acids is 1. The summed E-state index contributed by atoms with van der Waals surface area (Å²) in [4.78, 5) is 16.6. The van der Waals surface area contributed by atoms with Crippen molar-refractivity contribution in [2.75, 3.05) is 18.0 Å². The van der Waals surface area contributed by atoms with E-state index in [9.17, 15) is 4.79 Å². The van der Waals surface area contributed by atoms with Gasteiger partial charge >= 0.3 is 0 Å². The highest BCUT2D eigenvalue weighted by molar-refractivity contribution is 5.72. The van der Waals surface area contributed by atoms with E-state index in [0.717, 1.165) is 31.5 Å². The van der Waals surface area contributed by atoms with Crippen molar-refractivity contribution in [3.63, 3.8) is 0 Å². The van der Waals surface area contributed by atoms with Gasteiger partial charge < -0.3 is 4.90 Å². The molecule has 1 aromatic rings. The van der Waals surface area contributed by atoms with E-state index in [1.807, 2.05) is 6.07 Å². The van der Waals surface area contributed by atoms with E-state index >= 15 is 0 Å². The lowest BCUT2D eigenvalue weighted by molar-refractivity contribution is 0.111. The van der Waals surface area contributed by atoms with Gasteiger partial charge in [-0.1, -0.05) is 12.2 Å². The average Bonchev–Trinajstić information content (AvgIpc) is 2.65. The van der Waals surface area contributed by atoms with Crippen LogP contribution in [0.3, 0.4) is 0 Å². The van der Waals surface area contributed by atoms with Crippen molar-refractivity contribution in [1.82, 2.24) is 4.98 Å². The standard InChI is InChI=1S/C11H12N2O/c1-9-4-5-13(7-9)11-3-2-10(8-14)12-6-11/h2-3,6,8H,1,4-5,7H2. The van der Waals surface area contributed by atoms with Crippen molar-refractivity contribution in [2.24, 2.45) is 0 Å². The first-order valence-electron chi connectivity index (χ1n) is 4.62. The summed E-state index contributed by atoms with van der Waals surface area (Å²) < 4.78 is 0. The molecule has 2 heterocycles. The lowest BCUT2D eigenvalue weighted by Gasteiger charge is -2.16. The predicted octanol–water partition coefficient (Wildman–Crippen LogP) is 1.66. The third-order valence-corrected chi connectivity index (χ3v) is 2.41. The Balaban J connectivity index is 2.16. The van der Waals surface area contributed by atoms with Gasteiger partial charge in [-0.2, -0.15) is 0 Å². The Labute approximate surface area is 83.1 Å². The number of aromatic nitrogens is 1. The number of anilines is 1. The molecule has 1 saturated heterocycles. The summed E-state index contributed by atoms with van der Waals surface area (Å²) in [5.74, 6) is 0. The van der Waals surface area contributed by atoms with Crippen LogP contribution in [0.4, 0.5) is 5.69 Å². The Hall–Kier alpha value is -1.64. The zero-order chi connectivity index (χ0) is 9.97. The highest BCUT2D eigenvalue weighted by Crippen LogP contribution is 2.21. The molecule has 0 bridgehead atoms. The summed E-state index contributed by atoms with van der Waals surface area (Å²) in [7, 11) is 0. The summed E-state index contributed by atoms with van der Waals surface area (Å²) in [6.07, 6.45) is 3.55. The largest absolute Gasteiger partial charge is 0.366 e.